The van der Waals surface area contributed by atoms with Crippen LogP contribution in [0.2, 0.25) is 0 Å². The number of carbonyl (C=O) groups excluding carboxylic acids is 1. The van der Waals surface area contributed by atoms with Gasteiger partial charge in [-0.15, -0.1) is 0 Å². The molecule has 1 aromatic rings. The topological polar surface area (TPSA) is 46.1 Å². The third-order valence-corrected chi connectivity index (χ3v) is 3.38. The standard InChI is InChI=1S/C13H19N3O/c1-3-11-6-4-5-7-16(11)13(17)12-8-10(2)14-9-15-12/h8-9,11H,3-7H2,1-2H3. The summed E-state index contributed by atoms with van der Waals surface area (Å²) in [4.78, 5) is 22.4. The van der Waals surface area contributed by atoms with Crippen LogP contribution in [0.25, 0.3) is 0 Å². The Morgan fingerprint density at radius 3 is 3.00 bits per heavy atom. The van der Waals surface area contributed by atoms with Gasteiger partial charge in [0.25, 0.3) is 5.91 Å². The van der Waals surface area contributed by atoms with Gasteiger partial charge in [0.05, 0.1) is 0 Å². The zero-order valence-corrected chi connectivity index (χ0v) is 10.5. The fourth-order valence-corrected chi connectivity index (χ4v) is 2.41. The van der Waals surface area contributed by atoms with Gasteiger partial charge in [-0.05, 0) is 38.7 Å². The van der Waals surface area contributed by atoms with Crippen molar-refractivity contribution >= 4 is 5.91 Å². The molecular weight excluding hydrogens is 214 g/mol. The summed E-state index contributed by atoms with van der Waals surface area (Å²) in [6, 6.07) is 2.15. The van der Waals surface area contributed by atoms with Gasteiger partial charge in [0.1, 0.15) is 12.0 Å². The van der Waals surface area contributed by atoms with Crippen LogP contribution in [0, 0.1) is 6.92 Å². The van der Waals surface area contributed by atoms with Gasteiger partial charge in [-0.2, -0.15) is 0 Å². The Kier molecular flexibility index (Phi) is 3.71. The number of aromatic nitrogens is 2. The van der Waals surface area contributed by atoms with Crippen LogP contribution in [-0.4, -0.2) is 33.4 Å². The van der Waals surface area contributed by atoms with Crippen molar-refractivity contribution < 1.29 is 4.79 Å². The third-order valence-electron chi connectivity index (χ3n) is 3.38. The first-order valence-electron chi connectivity index (χ1n) is 6.32. The van der Waals surface area contributed by atoms with Gasteiger partial charge < -0.3 is 4.90 Å². The normalized spacial score (nSPS) is 20.4. The van der Waals surface area contributed by atoms with Gasteiger partial charge >= 0.3 is 0 Å². The molecule has 0 spiro atoms. The Morgan fingerprint density at radius 1 is 1.47 bits per heavy atom. The van der Waals surface area contributed by atoms with E-state index in [9.17, 15) is 4.79 Å². The molecule has 92 valence electrons. The van der Waals surface area contributed by atoms with E-state index in [2.05, 4.69) is 16.9 Å². The summed E-state index contributed by atoms with van der Waals surface area (Å²) in [7, 11) is 0. The molecule has 1 unspecified atom stereocenters. The molecule has 4 heteroatoms. The van der Waals surface area contributed by atoms with Crippen molar-refractivity contribution in [3.63, 3.8) is 0 Å². The lowest BCUT2D eigenvalue weighted by Crippen LogP contribution is -2.43. The van der Waals surface area contributed by atoms with Gasteiger partial charge in [0.15, 0.2) is 0 Å². The smallest absolute Gasteiger partial charge is 0.272 e. The number of nitrogens with zero attached hydrogens (tertiary/aromatic N) is 3. The maximum atomic E-state index is 12.4. The minimum Gasteiger partial charge on any atom is -0.334 e. The van der Waals surface area contributed by atoms with Gasteiger partial charge in [-0.25, -0.2) is 9.97 Å². The van der Waals surface area contributed by atoms with Gasteiger partial charge in [-0.3, -0.25) is 4.79 Å². The van der Waals surface area contributed by atoms with E-state index in [0.717, 1.165) is 31.5 Å². The van der Waals surface area contributed by atoms with Crippen LogP contribution in [0.1, 0.15) is 48.8 Å². The Morgan fingerprint density at radius 2 is 2.29 bits per heavy atom. The zero-order valence-electron chi connectivity index (χ0n) is 10.5. The van der Waals surface area contributed by atoms with Crippen molar-refractivity contribution in [3.05, 3.63) is 23.8 Å². The third kappa shape index (κ3) is 2.62. The predicted octanol–water partition coefficient (Wildman–Crippen LogP) is 2.19. The molecule has 0 aromatic carbocycles. The predicted molar refractivity (Wildman–Crippen MR) is 65.7 cm³/mol. The Bertz CT molecular complexity index is 405. The maximum absolute atomic E-state index is 12.4. The molecule has 1 aliphatic rings. The number of likely N-dealkylation sites (tertiary alicyclic amines) is 1. The van der Waals surface area contributed by atoms with E-state index in [0.29, 0.717) is 11.7 Å². The number of hydrogen-bond acceptors (Lipinski definition) is 3. The number of piperidine rings is 1. The molecule has 1 aromatic heterocycles. The van der Waals surface area contributed by atoms with Crippen molar-refractivity contribution in [2.75, 3.05) is 6.54 Å². The lowest BCUT2D eigenvalue weighted by Gasteiger charge is -2.35. The molecule has 0 N–H and O–H groups in total. The van der Waals surface area contributed by atoms with Crippen LogP contribution < -0.4 is 0 Å². The average Bonchev–Trinajstić information content (AvgIpc) is 2.38. The highest BCUT2D eigenvalue weighted by Crippen LogP contribution is 2.21. The summed E-state index contributed by atoms with van der Waals surface area (Å²) in [6.45, 7) is 4.88. The first-order chi connectivity index (χ1) is 8.22. The molecule has 4 nitrogen and oxygen atoms in total. The lowest BCUT2D eigenvalue weighted by atomic mass is 9.99. The van der Waals surface area contributed by atoms with E-state index < -0.39 is 0 Å². The minimum absolute atomic E-state index is 0.0575. The lowest BCUT2D eigenvalue weighted by molar-refractivity contribution is 0.0601. The number of aryl methyl sites for hydroxylation is 1. The SMILES string of the molecule is CCC1CCCCN1C(=O)c1cc(C)ncn1. The molecule has 1 atom stereocenters. The van der Waals surface area contributed by atoms with Crippen molar-refractivity contribution in [1.29, 1.82) is 0 Å². The van der Waals surface area contributed by atoms with E-state index in [1.54, 1.807) is 6.07 Å². The fraction of sp³-hybridized carbons (Fsp3) is 0.615. The highest BCUT2D eigenvalue weighted by molar-refractivity contribution is 5.92. The van der Waals surface area contributed by atoms with Crippen molar-refractivity contribution in [2.24, 2.45) is 0 Å². The van der Waals surface area contributed by atoms with E-state index >= 15 is 0 Å². The Balaban J connectivity index is 2.18. The molecule has 0 radical (unpaired) electrons. The molecule has 1 aliphatic heterocycles. The van der Waals surface area contributed by atoms with Crippen molar-refractivity contribution in [2.45, 2.75) is 45.6 Å². The van der Waals surface area contributed by atoms with E-state index in [1.165, 1.54) is 12.7 Å². The number of hydrogen-bond donors (Lipinski definition) is 0. The quantitative estimate of drug-likeness (QED) is 0.786. The van der Waals surface area contributed by atoms with E-state index in [4.69, 9.17) is 0 Å². The van der Waals surface area contributed by atoms with E-state index in [-0.39, 0.29) is 5.91 Å². The van der Waals surface area contributed by atoms with Crippen LogP contribution in [0.15, 0.2) is 12.4 Å². The minimum atomic E-state index is 0.0575. The van der Waals surface area contributed by atoms with Gasteiger partial charge in [0.2, 0.25) is 0 Å². The molecule has 2 rings (SSSR count). The molecule has 0 aliphatic carbocycles. The van der Waals surface area contributed by atoms with Gasteiger partial charge in [-0.1, -0.05) is 6.92 Å². The summed E-state index contributed by atoms with van der Waals surface area (Å²) in [5.74, 6) is 0.0575. The first-order valence-corrected chi connectivity index (χ1v) is 6.32. The molecule has 0 bridgehead atoms. The van der Waals surface area contributed by atoms with Crippen LogP contribution in [-0.2, 0) is 0 Å². The number of carbonyl (C=O) groups is 1. The van der Waals surface area contributed by atoms with E-state index in [1.807, 2.05) is 11.8 Å². The van der Waals surface area contributed by atoms with Crippen LogP contribution in [0.4, 0.5) is 0 Å². The van der Waals surface area contributed by atoms with Crippen molar-refractivity contribution in [3.8, 4) is 0 Å². The first kappa shape index (κ1) is 12.0. The maximum Gasteiger partial charge on any atom is 0.272 e. The van der Waals surface area contributed by atoms with Gasteiger partial charge in [0, 0.05) is 18.3 Å². The molecule has 2 heterocycles. The molecule has 0 saturated carbocycles. The molecule has 1 amide bonds. The fourth-order valence-electron chi connectivity index (χ4n) is 2.41. The summed E-state index contributed by atoms with van der Waals surface area (Å²) in [5, 5.41) is 0. The average molecular weight is 233 g/mol. The number of rotatable bonds is 2. The van der Waals surface area contributed by atoms with Crippen molar-refractivity contribution in [1.82, 2.24) is 14.9 Å². The Labute approximate surface area is 102 Å². The molecule has 17 heavy (non-hydrogen) atoms. The summed E-state index contributed by atoms with van der Waals surface area (Å²) in [6.07, 6.45) is 5.94. The van der Waals surface area contributed by atoms with Crippen LogP contribution >= 0.6 is 0 Å². The molecule has 1 fully saturated rings. The van der Waals surface area contributed by atoms with Crippen LogP contribution in [0.3, 0.4) is 0 Å². The largest absolute Gasteiger partial charge is 0.334 e. The summed E-state index contributed by atoms with van der Waals surface area (Å²) < 4.78 is 0. The van der Waals surface area contributed by atoms with Crippen LogP contribution in [0.5, 0.6) is 0 Å². The summed E-state index contributed by atoms with van der Waals surface area (Å²) in [5.41, 5.74) is 1.37. The molecule has 1 saturated heterocycles. The monoisotopic (exact) mass is 233 g/mol. The Hall–Kier alpha value is -1.45. The summed E-state index contributed by atoms with van der Waals surface area (Å²) >= 11 is 0. The highest BCUT2D eigenvalue weighted by atomic mass is 16.2. The number of amides is 1. The second-order valence-electron chi connectivity index (χ2n) is 4.60. The highest BCUT2D eigenvalue weighted by Gasteiger charge is 2.26. The second-order valence-corrected chi connectivity index (χ2v) is 4.60. The second kappa shape index (κ2) is 5.25. The zero-order chi connectivity index (χ0) is 12.3. The molecular formula is C13H19N3O.